The van der Waals surface area contributed by atoms with Crippen LogP contribution in [0.25, 0.3) is 0 Å². The highest BCUT2D eigenvalue weighted by molar-refractivity contribution is 6.34. The molecule has 0 rings (SSSR count). The van der Waals surface area contributed by atoms with Gasteiger partial charge in [-0.1, -0.05) is 39.5 Å². The lowest BCUT2D eigenvalue weighted by molar-refractivity contribution is 0.260. The maximum Gasteiger partial charge on any atom is 0.0498 e. The van der Waals surface area contributed by atoms with Crippen LogP contribution >= 0.6 is 23.6 Å². The van der Waals surface area contributed by atoms with Crippen molar-refractivity contribution >= 4 is 23.6 Å². The smallest absolute Gasteiger partial charge is 0.0498 e. The Kier molecular flexibility index (Phi) is 7.20. The summed E-state index contributed by atoms with van der Waals surface area (Å²) >= 11 is 11.7. The van der Waals surface area contributed by atoms with E-state index in [1.54, 1.807) is 0 Å². The Morgan fingerprint density at radius 3 is 1.62 bits per heavy atom. The molecular weight excluding hydrogens is 205 g/mol. The molecule has 0 fully saturated rings. The zero-order valence-electron chi connectivity index (χ0n) is 8.95. The monoisotopic (exact) mass is 225 g/mol. The van der Waals surface area contributed by atoms with Gasteiger partial charge in [-0.15, -0.1) is 3.94 Å². The van der Waals surface area contributed by atoms with E-state index in [4.69, 9.17) is 23.6 Å². The normalized spacial score (nSPS) is 12.5. The first-order chi connectivity index (χ1) is 6.06. The SMILES string of the molecule is CCCCC(C)(CCCC)N(Cl)Cl. The molecule has 0 atom stereocenters. The third kappa shape index (κ3) is 5.09. The molecule has 13 heavy (non-hydrogen) atoms. The van der Waals surface area contributed by atoms with E-state index in [1.807, 2.05) is 0 Å². The zero-order chi connectivity index (χ0) is 10.3. The van der Waals surface area contributed by atoms with Gasteiger partial charge in [0.1, 0.15) is 0 Å². The van der Waals surface area contributed by atoms with Gasteiger partial charge in [-0.3, -0.25) is 0 Å². The highest BCUT2D eigenvalue weighted by Crippen LogP contribution is 2.31. The van der Waals surface area contributed by atoms with Crippen LogP contribution in [-0.4, -0.2) is 9.48 Å². The van der Waals surface area contributed by atoms with E-state index in [-0.39, 0.29) is 5.54 Å². The molecule has 0 aliphatic rings. The van der Waals surface area contributed by atoms with Crippen LogP contribution in [0.5, 0.6) is 0 Å². The first-order valence-corrected chi connectivity index (χ1v) is 5.86. The van der Waals surface area contributed by atoms with Crippen LogP contribution in [0.15, 0.2) is 0 Å². The Bertz CT molecular complexity index is 118. The van der Waals surface area contributed by atoms with E-state index in [0.717, 1.165) is 12.8 Å². The molecule has 0 aromatic rings. The van der Waals surface area contributed by atoms with Gasteiger partial charge in [0.05, 0.1) is 0 Å². The van der Waals surface area contributed by atoms with E-state index in [9.17, 15) is 0 Å². The van der Waals surface area contributed by atoms with Gasteiger partial charge < -0.3 is 0 Å². The molecule has 0 bridgehead atoms. The summed E-state index contributed by atoms with van der Waals surface area (Å²) < 4.78 is 1.35. The zero-order valence-corrected chi connectivity index (χ0v) is 10.5. The summed E-state index contributed by atoms with van der Waals surface area (Å²) in [4.78, 5) is 0. The summed E-state index contributed by atoms with van der Waals surface area (Å²) in [6.45, 7) is 6.51. The van der Waals surface area contributed by atoms with Gasteiger partial charge in [-0.05, 0) is 43.3 Å². The molecule has 0 spiro atoms. The third-order valence-electron chi connectivity index (χ3n) is 2.55. The molecule has 3 heteroatoms. The summed E-state index contributed by atoms with van der Waals surface area (Å²) in [6.07, 6.45) is 6.94. The Balaban J connectivity index is 4.00. The second-order valence-electron chi connectivity index (χ2n) is 3.94. The number of rotatable bonds is 7. The maximum atomic E-state index is 5.86. The van der Waals surface area contributed by atoms with Gasteiger partial charge in [0.2, 0.25) is 0 Å². The molecule has 0 saturated carbocycles. The summed E-state index contributed by atoms with van der Waals surface area (Å²) in [5.41, 5.74) is -0.0326. The summed E-state index contributed by atoms with van der Waals surface area (Å²) in [7, 11) is 0. The Labute approximate surface area is 92.6 Å². The molecule has 0 unspecified atom stereocenters. The predicted octanol–water partition coefficient (Wildman–Crippen LogP) is 4.74. The molecule has 0 aliphatic carbocycles. The minimum absolute atomic E-state index is 0.0326. The van der Waals surface area contributed by atoms with E-state index >= 15 is 0 Å². The molecule has 0 aromatic carbocycles. The van der Waals surface area contributed by atoms with Crippen molar-refractivity contribution in [3.05, 3.63) is 0 Å². The van der Waals surface area contributed by atoms with Crippen molar-refractivity contribution in [1.29, 1.82) is 0 Å². The number of halogens is 2. The molecule has 80 valence electrons. The van der Waals surface area contributed by atoms with Crippen molar-refractivity contribution in [3.63, 3.8) is 0 Å². The van der Waals surface area contributed by atoms with E-state index in [0.29, 0.717) is 0 Å². The molecule has 0 heterocycles. The number of unbranched alkanes of at least 4 members (excludes halogenated alkanes) is 2. The van der Waals surface area contributed by atoms with E-state index < -0.39 is 0 Å². The van der Waals surface area contributed by atoms with Crippen molar-refractivity contribution in [2.75, 3.05) is 0 Å². The predicted molar refractivity (Wildman–Crippen MR) is 61.0 cm³/mol. The molecule has 0 aliphatic heterocycles. The van der Waals surface area contributed by atoms with Gasteiger partial charge in [-0.25, -0.2) is 0 Å². The Morgan fingerprint density at radius 2 is 1.38 bits per heavy atom. The van der Waals surface area contributed by atoms with Crippen LogP contribution in [0.4, 0.5) is 0 Å². The van der Waals surface area contributed by atoms with Crippen molar-refractivity contribution in [3.8, 4) is 0 Å². The van der Waals surface area contributed by atoms with E-state index in [2.05, 4.69) is 20.8 Å². The third-order valence-corrected chi connectivity index (χ3v) is 3.36. The molecule has 1 nitrogen and oxygen atoms in total. The molecule has 0 radical (unpaired) electrons. The summed E-state index contributed by atoms with van der Waals surface area (Å²) in [5, 5.41) is 0. The Morgan fingerprint density at radius 1 is 1.00 bits per heavy atom. The number of nitrogens with zero attached hydrogens (tertiary/aromatic N) is 1. The lowest BCUT2D eigenvalue weighted by Gasteiger charge is -2.32. The molecular formula is C10H21Cl2N. The molecule has 0 aromatic heterocycles. The number of hydrogen-bond donors (Lipinski definition) is 0. The first kappa shape index (κ1) is 13.5. The topological polar surface area (TPSA) is 3.24 Å². The minimum Gasteiger partial charge on any atom is -0.126 e. The second kappa shape index (κ2) is 6.92. The van der Waals surface area contributed by atoms with Crippen molar-refractivity contribution in [2.24, 2.45) is 0 Å². The van der Waals surface area contributed by atoms with Crippen molar-refractivity contribution < 1.29 is 0 Å². The van der Waals surface area contributed by atoms with Gasteiger partial charge in [0.15, 0.2) is 0 Å². The van der Waals surface area contributed by atoms with Crippen LogP contribution in [0, 0.1) is 0 Å². The van der Waals surface area contributed by atoms with Crippen molar-refractivity contribution in [2.45, 2.75) is 64.8 Å². The average Bonchev–Trinajstić information content (AvgIpc) is 2.11. The molecule has 0 N–H and O–H groups in total. The lowest BCUT2D eigenvalue weighted by Crippen LogP contribution is -2.34. The van der Waals surface area contributed by atoms with Crippen molar-refractivity contribution in [1.82, 2.24) is 3.94 Å². The highest BCUT2D eigenvalue weighted by atomic mass is 35.5. The van der Waals surface area contributed by atoms with Crippen LogP contribution in [0.1, 0.15) is 59.3 Å². The van der Waals surface area contributed by atoms with E-state index in [1.165, 1.54) is 29.6 Å². The maximum absolute atomic E-state index is 5.86. The highest BCUT2D eigenvalue weighted by Gasteiger charge is 2.28. The fourth-order valence-electron chi connectivity index (χ4n) is 1.41. The van der Waals surface area contributed by atoms with Crippen LogP contribution < -0.4 is 0 Å². The molecule has 0 saturated heterocycles. The molecule has 0 amide bonds. The standard InChI is InChI=1S/C10H21Cl2N/c1-4-6-8-10(3,13(11)12)9-7-5-2/h4-9H2,1-3H3. The first-order valence-electron chi connectivity index (χ1n) is 5.18. The Hall–Kier alpha value is 0.540. The van der Waals surface area contributed by atoms with Gasteiger partial charge in [-0.2, -0.15) is 0 Å². The van der Waals surface area contributed by atoms with Crippen LogP contribution in [0.2, 0.25) is 0 Å². The number of hydrogen-bond acceptors (Lipinski definition) is 1. The summed E-state index contributed by atoms with van der Waals surface area (Å²) in [6, 6.07) is 0. The quantitative estimate of drug-likeness (QED) is 0.567. The fraction of sp³-hybridized carbons (Fsp3) is 1.00. The summed E-state index contributed by atoms with van der Waals surface area (Å²) in [5.74, 6) is 0. The van der Waals surface area contributed by atoms with Crippen LogP contribution in [-0.2, 0) is 0 Å². The lowest BCUT2D eigenvalue weighted by atomic mass is 9.90. The van der Waals surface area contributed by atoms with Gasteiger partial charge in [0.25, 0.3) is 0 Å². The fourth-order valence-corrected chi connectivity index (χ4v) is 1.75. The van der Waals surface area contributed by atoms with Gasteiger partial charge >= 0.3 is 0 Å². The van der Waals surface area contributed by atoms with Crippen LogP contribution in [0.3, 0.4) is 0 Å². The average molecular weight is 226 g/mol. The largest absolute Gasteiger partial charge is 0.126 e. The van der Waals surface area contributed by atoms with Gasteiger partial charge in [0, 0.05) is 5.54 Å². The second-order valence-corrected chi connectivity index (χ2v) is 4.79. The minimum atomic E-state index is -0.0326.